The molecule has 3 rings (SSSR count). The van der Waals surface area contributed by atoms with E-state index in [1.165, 1.54) is 0 Å². The Balaban J connectivity index is 1.70. The van der Waals surface area contributed by atoms with Crippen LogP contribution in [-0.4, -0.2) is 26.1 Å². The van der Waals surface area contributed by atoms with Crippen molar-refractivity contribution in [1.29, 1.82) is 0 Å². The van der Waals surface area contributed by atoms with E-state index in [2.05, 4.69) is 13.8 Å². The fourth-order valence-corrected chi connectivity index (χ4v) is 3.28. The topological polar surface area (TPSA) is 57.2 Å². The molecule has 0 spiro atoms. The van der Waals surface area contributed by atoms with Gasteiger partial charge in [-0.1, -0.05) is 26.0 Å². The maximum atomic E-state index is 10.8. The molecule has 1 heterocycles. The highest BCUT2D eigenvalue weighted by Crippen LogP contribution is 2.38. The van der Waals surface area contributed by atoms with Crippen LogP contribution in [0.15, 0.2) is 36.4 Å². The normalized spacial score (nSPS) is 16.0. The van der Waals surface area contributed by atoms with Gasteiger partial charge in [0.25, 0.3) is 0 Å². The summed E-state index contributed by atoms with van der Waals surface area (Å²) in [5.41, 5.74) is 2.00. The minimum atomic E-state index is -0.570. The lowest BCUT2D eigenvalue weighted by Gasteiger charge is -2.26. The molecule has 5 nitrogen and oxygen atoms in total. The number of aliphatic hydroxyl groups excluding tert-OH is 1. The number of fused-ring (bicyclic) bond motifs is 1. The smallest absolute Gasteiger partial charge is 0.231 e. The van der Waals surface area contributed by atoms with Crippen molar-refractivity contribution >= 4 is 0 Å². The van der Waals surface area contributed by atoms with Crippen molar-refractivity contribution in [3.63, 3.8) is 0 Å². The van der Waals surface area contributed by atoms with Gasteiger partial charge in [-0.2, -0.15) is 0 Å². The van der Waals surface area contributed by atoms with Gasteiger partial charge in [0, 0.05) is 0 Å². The molecule has 0 bridgehead atoms. The second kappa shape index (κ2) is 7.87. The summed E-state index contributed by atoms with van der Waals surface area (Å²) >= 11 is 0. The van der Waals surface area contributed by atoms with Crippen molar-refractivity contribution in [2.75, 3.05) is 21.0 Å². The first-order valence-corrected chi connectivity index (χ1v) is 8.82. The predicted molar refractivity (Wildman–Crippen MR) is 99.1 cm³/mol. The Morgan fingerprint density at radius 2 is 1.69 bits per heavy atom. The van der Waals surface area contributed by atoms with Gasteiger partial charge < -0.3 is 24.1 Å². The summed E-state index contributed by atoms with van der Waals surface area (Å²) in [4.78, 5) is 0. The molecule has 0 amide bonds. The molecule has 0 unspecified atom stereocenters. The molecule has 3 atom stereocenters. The Bertz CT molecular complexity index is 758. The monoisotopic (exact) mass is 358 g/mol. The van der Waals surface area contributed by atoms with Crippen LogP contribution in [-0.2, 0) is 6.42 Å². The van der Waals surface area contributed by atoms with E-state index in [-0.39, 0.29) is 18.6 Å². The van der Waals surface area contributed by atoms with Gasteiger partial charge in [0.2, 0.25) is 6.79 Å². The Labute approximate surface area is 154 Å². The summed E-state index contributed by atoms with van der Waals surface area (Å²) in [6.07, 6.45) is 0.267. The highest BCUT2D eigenvalue weighted by atomic mass is 16.7. The van der Waals surface area contributed by atoms with Crippen LogP contribution in [0.1, 0.15) is 31.1 Å². The maximum absolute atomic E-state index is 10.8. The van der Waals surface area contributed by atoms with E-state index < -0.39 is 6.10 Å². The minimum absolute atomic E-state index is 0.0727. The van der Waals surface area contributed by atoms with Gasteiger partial charge in [-0.25, -0.2) is 0 Å². The third-order valence-electron chi connectivity index (χ3n) is 5.14. The number of aliphatic hydroxyl groups is 1. The van der Waals surface area contributed by atoms with Gasteiger partial charge in [-0.15, -0.1) is 0 Å². The van der Waals surface area contributed by atoms with E-state index in [0.29, 0.717) is 5.75 Å². The number of hydrogen-bond acceptors (Lipinski definition) is 5. The SMILES string of the molecule is COc1ccc(C[C@@H](C)[C@H](C)[C@H](O)c2ccc3c(c2)OCO3)cc1OC. The van der Waals surface area contributed by atoms with Gasteiger partial charge >= 0.3 is 0 Å². The number of ether oxygens (including phenoxy) is 4. The molecule has 2 aromatic carbocycles. The van der Waals surface area contributed by atoms with Crippen molar-refractivity contribution in [2.24, 2.45) is 11.8 Å². The van der Waals surface area contributed by atoms with Crippen LogP contribution in [0.3, 0.4) is 0 Å². The molecular formula is C21H26O5. The first-order chi connectivity index (χ1) is 12.5. The first-order valence-electron chi connectivity index (χ1n) is 8.82. The van der Waals surface area contributed by atoms with Crippen LogP contribution in [0.25, 0.3) is 0 Å². The lowest BCUT2D eigenvalue weighted by atomic mass is 9.83. The summed E-state index contributed by atoms with van der Waals surface area (Å²) in [6.45, 7) is 4.46. The zero-order chi connectivity index (χ0) is 18.7. The molecule has 0 aromatic heterocycles. The van der Waals surface area contributed by atoms with Gasteiger partial charge in [0.05, 0.1) is 20.3 Å². The predicted octanol–water partition coefficient (Wildman–Crippen LogP) is 3.98. The minimum Gasteiger partial charge on any atom is -0.493 e. The van der Waals surface area contributed by atoms with Crippen molar-refractivity contribution in [1.82, 2.24) is 0 Å². The van der Waals surface area contributed by atoms with Crippen molar-refractivity contribution in [2.45, 2.75) is 26.4 Å². The average molecular weight is 358 g/mol. The third-order valence-corrected chi connectivity index (χ3v) is 5.14. The largest absolute Gasteiger partial charge is 0.493 e. The van der Waals surface area contributed by atoms with Crippen LogP contribution >= 0.6 is 0 Å². The lowest BCUT2D eigenvalue weighted by Crippen LogP contribution is -2.19. The van der Waals surface area contributed by atoms with Crippen LogP contribution in [0, 0.1) is 11.8 Å². The maximum Gasteiger partial charge on any atom is 0.231 e. The average Bonchev–Trinajstić information content (AvgIpc) is 3.14. The van der Waals surface area contributed by atoms with Gasteiger partial charge in [0.1, 0.15) is 0 Å². The Morgan fingerprint density at radius 1 is 0.962 bits per heavy atom. The Hall–Kier alpha value is -2.40. The van der Waals surface area contributed by atoms with Gasteiger partial charge in [-0.3, -0.25) is 0 Å². The summed E-state index contributed by atoms with van der Waals surface area (Å²) in [7, 11) is 3.26. The number of hydrogen-bond donors (Lipinski definition) is 1. The fourth-order valence-electron chi connectivity index (χ4n) is 3.28. The molecule has 0 aliphatic carbocycles. The molecule has 0 saturated heterocycles. The second-order valence-corrected chi connectivity index (χ2v) is 6.79. The molecular weight excluding hydrogens is 332 g/mol. The molecule has 0 saturated carbocycles. The molecule has 2 aromatic rings. The fraction of sp³-hybridized carbons (Fsp3) is 0.429. The number of methoxy groups -OCH3 is 2. The zero-order valence-electron chi connectivity index (χ0n) is 15.7. The molecule has 5 heteroatoms. The second-order valence-electron chi connectivity index (χ2n) is 6.79. The summed E-state index contributed by atoms with van der Waals surface area (Å²) in [5, 5.41) is 10.8. The molecule has 1 aliphatic heterocycles. The Morgan fingerprint density at radius 3 is 2.42 bits per heavy atom. The van der Waals surface area contributed by atoms with E-state index in [9.17, 15) is 5.11 Å². The highest BCUT2D eigenvalue weighted by Gasteiger charge is 2.25. The standard InChI is InChI=1S/C21H26O5/c1-13(9-15-5-7-17(23-3)19(10-15)24-4)14(2)21(22)16-6-8-18-20(11-16)26-12-25-18/h5-8,10-11,13-14,21-22H,9,12H2,1-4H3/t13-,14+,21+/m1/s1. The quantitative estimate of drug-likeness (QED) is 0.811. The van der Waals surface area contributed by atoms with Crippen LogP contribution in [0.4, 0.5) is 0 Å². The van der Waals surface area contributed by atoms with E-state index in [1.807, 2.05) is 36.4 Å². The van der Waals surface area contributed by atoms with Crippen LogP contribution in [0.5, 0.6) is 23.0 Å². The zero-order valence-corrected chi connectivity index (χ0v) is 15.7. The lowest BCUT2D eigenvalue weighted by molar-refractivity contribution is 0.0869. The molecule has 140 valence electrons. The van der Waals surface area contributed by atoms with Crippen molar-refractivity contribution in [3.8, 4) is 23.0 Å². The summed E-state index contributed by atoms with van der Waals surface area (Å²) in [6, 6.07) is 11.6. The molecule has 1 aliphatic rings. The Kier molecular flexibility index (Phi) is 5.57. The number of benzene rings is 2. The molecule has 26 heavy (non-hydrogen) atoms. The van der Waals surface area contributed by atoms with E-state index in [0.717, 1.165) is 34.8 Å². The van der Waals surface area contributed by atoms with E-state index in [1.54, 1.807) is 14.2 Å². The third kappa shape index (κ3) is 3.73. The highest BCUT2D eigenvalue weighted by molar-refractivity contribution is 5.45. The van der Waals surface area contributed by atoms with E-state index in [4.69, 9.17) is 18.9 Å². The van der Waals surface area contributed by atoms with E-state index >= 15 is 0 Å². The molecule has 0 radical (unpaired) electrons. The van der Waals surface area contributed by atoms with Gasteiger partial charge in [-0.05, 0) is 53.6 Å². The molecule has 0 fully saturated rings. The number of rotatable bonds is 7. The van der Waals surface area contributed by atoms with Crippen molar-refractivity contribution in [3.05, 3.63) is 47.5 Å². The van der Waals surface area contributed by atoms with Gasteiger partial charge in [0.15, 0.2) is 23.0 Å². The summed E-state index contributed by atoms with van der Waals surface area (Å²) in [5.74, 6) is 3.21. The van der Waals surface area contributed by atoms with Crippen LogP contribution in [0.2, 0.25) is 0 Å². The van der Waals surface area contributed by atoms with Crippen molar-refractivity contribution < 1.29 is 24.1 Å². The molecule has 1 N–H and O–H groups in total. The summed E-state index contributed by atoms with van der Waals surface area (Å²) < 4.78 is 21.4. The first kappa shape index (κ1) is 18.4. The van der Waals surface area contributed by atoms with Crippen LogP contribution < -0.4 is 18.9 Å².